The minimum Gasteiger partial charge on any atom is -0.480 e. The minimum absolute atomic E-state index is 0.0935. The summed E-state index contributed by atoms with van der Waals surface area (Å²) in [5.41, 5.74) is 0.210. The van der Waals surface area contributed by atoms with Crippen molar-refractivity contribution in [1.29, 1.82) is 0 Å². The molecule has 22 heavy (non-hydrogen) atoms. The maximum absolute atomic E-state index is 12.5. The Labute approximate surface area is 133 Å². The van der Waals surface area contributed by atoms with E-state index in [9.17, 15) is 14.7 Å². The van der Waals surface area contributed by atoms with Crippen molar-refractivity contribution in [3.05, 3.63) is 47.5 Å². The molecule has 6 heteroatoms. The highest BCUT2D eigenvalue weighted by atomic mass is 35.5. The maximum Gasteiger partial charge on any atom is 0.328 e. The zero-order valence-corrected chi connectivity index (χ0v) is 12.8. The number of carbonyl (C=O) groups excluding carboxylic acids is 1. The monoisotopic (exact) mass is 323 g/mol. The Morgan fingerprint density at radius 1 is 1.41 bits per heavy atom. The fraction of sp³-hybridized carbons (Fsp3) is 0.375. The Morgan fingerprint density at radius 2 is 2.05 bits per heavy atom. The number of amides is 1. The van der Waals surface area contributed by atoms with Crippen LogP contribution in [0.2, 0.25) is 5.02 Å². The number of hydrogen-bond acceptors (Lipinski definition) is 3. The van der Waals surface area contributed by atoms with Gasteiger partial charge in [0.2, 0.25) is 5.91 Å². The molecule has 1 aromatic carbocycles. The van der Waals surface area contributed by atoms with Gasteiger partial charge in [-0.1, -0.05) is 29.8 Å². The minimum atomic E-state index is -1.12. The highest BCUT2D eigenvalue weighted by molar-refractivity contribution is 6.30. The lowest BCUT2D eigenvalue weighted by molar-refractivity contribution is -0.143. The molecule has 118 valence electrons. The SMILES string of the molecule is C=CCOCC(NC(=O)C1(c2ccc(Cl)cc2)CC1)C(=O)O. The molecular weight excluding hydrogens is 306 g/mol. The van der Waals surface area contributed by atoms with Gasteiger partial charge in [-0.3, -0.25) is 4.79 Å². The predicted octanol–water partition coefficient (Wildman–Crippen LogP) is 2.14. The summed E-state index contributed by atoms with van der Waals surface area (Å²) >= 11 is 5.86. The van der Waals surface area contributed by atoms with E-state index >= 15 is 0 Å². The van der Waals surface area contributed by atoms with Crippen LogP contribution in [0, 0.1) is 0 Å². The number of halogens is 1. The average Bonchev–Trinajstić information content (AvgIpc) is 3.28. The van der Waals surface area contributed by atoms with Crippen LogP contribution in [0.1, 0.15) is 18.4 Å². The van der Waals surface area contributed by atoms with Crippen LogP contribution in [0.5, 0.6) is 0 Å². The first kappa shape index (κ1) is 16.5. The molecule has 5 nitrogen and oxygen atoms in total. The van der Waals surface area contributed by atoms with Crippen LogP contribution in [0.4, 0.5) is 0 Å². The molecule has 0 heterocycles. The number of nitrogens with one attached hydrogen (secondary N) is 1. The van der Waals surface area contributed by atoms with Crippen molar-refractivity contribution in [3.8, 4) is 0 Å². The molecule has 0 radical (unpaired) electrons. The van der Waals surface area contributed by atoms with E-state index < -0.39 is 17.4 Å². The van der Waals surface area contributed by atoms with Gasteiger partial charge in [-0.25, -0.2) is 4.79 Å². The van der Waals surface area contributed by atoms with Crippen LogP contribution in [0.25, 0.3) is 0 Å². The Kier molecular flexibility index (Phi) is 5.21. The smallest absolute Gasteiger partial charge is 0.328 e. The number of hydrogen-bond donors (Lipinski definition) is 2. The quantitative estimate of drug-likeness (QED) is 0.568. The van der Waals surface area contributed by atoms with E-state index in [-0.39, 0.29) is 19.1 Å². The second kappa shape index (κ2) is 6.94. The molecule has 0 saturated heterocycles. The van der Waals surface area contributed by atoms with E-state index in [0.29, 0.717) is 17.9 Å². The molecule has 1 fully saturated rings. The standard InChI is InChI=1S/C16H18ClNO4/c1-2-9-22-10-13(14(19)20)18-15(21)16(7-8-16)11-3-5-12(17)6-4-11/h2-6,13H,1,7-10H2,(H,18,21)(H,19,20). The van der Waals surface area contributed by atoms with Gasteiger partial charge in [-0.05, 0) is 30.5 Å². The summed E-state index contributed by atoms with van der Waals surface area (Å²) in [6.45, 7) is 3.63. The lowest BCUT2D eigenvalue weighted by atomic mass is 9.94. The zero-order chi connectivity index (χ0) is 16.2. The summed E-state index contributed by atoms with van der Waals surface area (Å²) in [6, 6.07) is 5.99. The van der Waals surface area contributed by atoms with Crippen LogP contribution in [-0.2, 0) is 19.7 Å². The third kappa shape index (κ3) is 3.67. The van der Waals surface area contributed by atoms with Crippen molar-refractivity contribution >= 4 is 23.5 Å². The van der Waals surface area contributed by atoms with Gasteiger partial charge in [0.1, 0.15) is 0 Å². The third-order valence-electron chi connectivity index (χ3n) is 3.71. The number of rotatable bonds is 8. The molecule has 1 unspecified atom stereocenters. The van der Waals surface area contributed by atoms with Gasteiger partial charge in [-0.2, -0.15) is 0 Å². The summed E-state index contributed by atoms with van der Waals surface area (Å²) < 4.78 is 5.13. The van der Waals surface area contributed by atoms with Gasteiger partial charge in [-0.15, -0.1) is 6.58 Å². The highest BCUT2D eigenvalue weighted by Crippen LogP contribution is 2.48. The molecule has 0 bridgehead atoms. The van der Waals surface area contributed by atoms with Crippen molar-refractivity contribution in [2.75, 3.05) is 13.2 Å². The number of carboxylic acid groups (broad SMARTS) is 1. The number of ether oxygens (including phenoxy) is 1. The van der Waals surface area contributed by atoms with E-state index in [1.54, 1.807) is 24.3 Å². The molecule has 1 atom stereocenters. The van der Waals surface area contributed by atoms with Gasteiger partial charge >= 0.3 is 5.97 Å². The van der Waals surface area contributed by atoms with Crippen LogP contribution in [0.3, 0.4) is 0 Å². The first-order valence-electron chi connectivity index (χ1n) is 6.98. The summed E-state index contributed by atoms with van der Waals surface area (Å²) in [5, 5.41) is 12.3. The molecular formula is C16H18ClNO4. The lowest BCUT2D eigenvalue weighted by Gasteiger charge is -2.20. The van der Waals surface area contributed by atoms with Gasteiger partial charge in [0, 0.05) is 5.02 Å². The average molecular weight is 324 g/mol. The van der Waals surface area contributed by atoms with Gasteiger partial charge in [0.25, 0.3) is 0 Å². The lowest BCUT2D eigenvalue weighted by Crippen LogP contribution is -2.48. The maximum atomic E-state index is 12.5. The van der Waals surface area contributed by atoms with Crippen LogP contribution < -0.4 is 5.32 Å². The molecule has 1 aliphatic rings. The van der Waals surface area contributed by atoms with Gasteiger partial charge < -0.3 is 15.2 Å². The normalized spacial score (nSPS) is 16.6. The highest BCUT2D eigenvalue weighted by Gasteiger charge is 2.51. The second-order valence-electron chi connectivity index (χ2n) is 5.28. The van der Waals surface area contributed by atoms with Gasteiger partial charge in [0.05, 0.1) is 18.6 Å². The van der Waals surface area contributed by atoms with Crippen molar-refractivity contribution < 1.29 is 19.4 Å². The third-order valence-corrected chi connectivity index (χ3v) is 3.96. The molecule has 0 aromatic heterocycles. The van der Waals surface area contributed by atoms with Gasteiger partial charge in [0.15, 0.2) is 6.04 Å². The predicted molar refractivity (Wildman–Crippen MR) is 82.9 cm³/mol. The Hall–Kier alpha value is -1.85. The van der Waals surface area contributed by atoms with E-state index in [1.807, 2.05) is 0 Å². The van der Waals surface area contributed by atoms with Crippen LogP contribution >= 0.6 is 11.6 Å². The van der Waals surface area contributed by atoms with Crippen LogP contribution in [-0.4, -0.2) is 36.2 Å². The van der Waals surface area contributed by atoms with E-state index in [0.717, 1.165) is 5.56 Å². The first-order chi connectivity index (χ1) is 10.5. The Morgan fingerprint density at radius 3 is 2.55 bits per heavy atom. The molecule has 0 spiro atoms. The van der Waals surface area contributed by atoms with Crippen LogP contribution in [0.15, 0.2) is 36.9 Å². The second-order valence-corrected chi connectivity index (χ2v) is 5.72. The Bertz CT molecular complexity index is 566. The Balaban J connectivity index is 2.04. The van der Waals surface area contributed by atoms with Crippen molar-refractivity contribution in [2.45, 2.75) is 24.3 Å². The molecule has 2 N–H and O–H groups in total. The molecule has 1 amide bonds. The molecule has 1 aromatic rings. The molecule has 2 rings (SSSR count). The zero-order valence-electron chi connectivity index (χ0n) is 12.0. The van der Waals surface area contributed by atoms with Crippen molar-refractivity contribution in [3.63, 3.8) is 0 Å². The largest absolute Gasteiger partial charge is 0.480 e. The molecule has 1 aliphatic carbocycles. The summed E-state index contributed by atoms with van der Waals surface area (Å²) in [7, 11) is 0. The first-order valence-corrected chi connectivity index (χ1v) is 7.36. The number of carboxylic acids is 1. The topological polar surface area (TPSA) is 75.6 Å². The fourth-order valence-electron chi connectivity index (χ4n) is 2.28. The van der Waals surface area contributed by atoms with E-state index in [2.05, 4.69) is 11.9 Å². The number of aliphatic carboxylic acids is 1. The van der Waals surface area contributed by atoms with Crippen molar-refractivity contribution in [2.24, 2.45) is 0 Å². The van der Waals surface area contributed by atoms with Crippen molar-refractivity contribution in [1.82, 2.24) is 5.32 Å². The van der Waals surface area contributed by atoms with E-state index in [1.165, 1.54) is 6.08 Å². The van der Waals surface area contributed by atoms with E-state index in [4.69, 9.17) is 16.3 Å². The number of benzene rings is 1. The molecule has 1 saturated carbocycles. The summed E-state index contributed by atoms with van der Waals surface area (Å²) in [4.78, 5) is 23.7. The number of carbonyl (C=O) groups is 2. The fourth-order valence-corrected chi connectivity index (χ4v) is 2.41. The summed E-state index contributed by atoms with van der Waals surface area (Å²) in [6.07, 6.45) is 2.91. The summed E-state index contributed by atoms with van der Waals surface area (Å²) in [5.74, 6) is -1.41. The molecule has 0 aliphatic heterocycles.